The Morgan fingerprint density at radius 3 is 3.17 bits per heavy atom. The second-order valence-corrected chi connectivity index (χ2v) is 4.96. The van der Waals surface area contributed by atoms with Crippen LogP contribution in [0.25, 0.3) is 0 Å². The Bertz CT molecular complexity index is 368. The van der Waals surface area contributed by atoms with E-state index in [0.717, 1.165) is 31.4 Å². The van der Waals surface area contributed by atoms with Crippen LogP contribution in [0.2, 0.25) is 0 Å². The van der Waals surface area contributed by atoms with E-state index in [1.165, 1.54) is 25.8 Å². The first-order valence-electron chi connectivity index (χ1n) is 6.82. The Labute approximate surface area is 109 Å². The van der Waals surface area contributed by atoms with Crippen LogP contribution in [-0.4, -0.2) is 40.5 Å². The van der Waals surface area contributed by atoms with Crippen molar-refractivity contribution >= 4 is 11.8 Å². The highest BCUT2D eigenvalue weighted by Crippen LogP contribution is 2.16. The summed E-state index contributed by atoms with van der Waals surface area (Å²) in [5, 5.41) is 3.28. The molecule has 1 saturated heterocycles. The van der Waals surface area contributed by atoms with Gasteiger partial charge in [-0.2, -0.15) is 4.98 Å². The molecule has 5 heteroatoms. The third-order valence-electron chi connectivity index (χ3n) is 3.54. The van der Waals surface area contributed by atoms with Crippen molar-refractivity contribution in [1.29, 1.82) is 0 Å². The van der Waals surface area contributed by atoms with Crippen molar-refractivity contribution in [2.45, 2.75) is 38.6 Å². The van der Waals surface area contributed by atoms with Gasteiger partial charge in [-0.15, -0.1) is 0 Å². The lowest BCUT2D eigenvalue weighted by molar-refractivity contribution is 0.160. The Morgan fingerprint density at radius 1 is 1.50 bits per heavy atom. The van der Waals surface area contributed by atoms with Gasteiger partial charge in [-0.05, 0) is 38.8 Å². The molecule has 3 N–H and O–H groups in total. The molecular formula is C13H23N5. The third kappa shape index (κ3) is 3.84. The number of nitrogen functional groups attached to an aromatic ring is 1. The maximum atomic E-state index is 5.53. The molecule has 5 nitrogen and oxygen atoms in total. The van der Waals surface area contributed by atoms with Crippen LogP contribution >= 0.6 is 0 Å². The number of rotatable bonds is 5. The van der Waals surface area contributed by atoms with E-state index in [1.807, 2.05) is 6.07 Å². The quantitative estimate of drug-likeness (QED) is 0.778. The van der Waals surface area contributed by atoms with Crippen molar-refractivity contribution in [3.8, 4) is 0 Å². The molecule has 100 valence electrons. The summed E-state index contributed by atoms with van der Waals surface area (Å²) in [7, 11) is 0. The molecule has 1 aliphatic heterocycles. The molecule has 1 aromatic rings. The van der Waals surface area contributed by atoms with Crippen LogP contribution in [0.4, 0.5) is 11.8 Å². The molecule has 0 bridgehead atoms. The molecule has 2 rings (SSSR count). The summed E-state index contributed by atoms with van der Waals surface area (Å²) in [5.74, 6) is 1.14. The first-order chi connectivity index (χ1) is 8.75. The standard InChI is InChI=1S/C13H23N5/c1-11-5-2-3-9-18(11)10-4-7-15-12-6-8-16-13(14)17-12/h6,8,11H,2-5,7,9-10H2,1H3,(H3,14,15,16,17). The lowest BCUT2D eigenvalue weighted by Crippen LogP contribution is -2.38. The average molecular weight is 249 g/mol. The van der Waals surface area contributed by atoms with Crippen molar-refractivity contribution in [1.82, 2.24) is 14.9 Å². The fourth-order valence-corrected chi connectivity index (χ4v) is 2.46. The molecule has 1 atom stereocenters. The summed E-state index contributed by atoms with van der Waals surface area (Å²) in [6, 6.07) is 2.59. The second kappa shape index (κ2) is 6.54. The van der Waals surface area contributed by atoms with E-state index in [2.05, 4.69) is 27.1 Å². The molecular weight excluding hydrogens is 226 g/mol. The van der Waals surface area contributed by atoms with Crippen LogP contribution in [0.5, 0.6) is 0 Å². The van der Waals surface area contributed by atoms with Crippen LogP contribution in [0.3, 0.4) is 0 Å². The highest BCUT2D eigenvalue weighted by Gasteiger charge is 2.16. The summed E-state index contributed by atoms with van der Waals surface area (Å²) < 4.78 is 0. The lowest BCUT2D eigenvalue weighted by Gasteiger charge is -2.33. The van der Waals surface area contributed by atoms with Crippen molar-refractivity contribution in [3.63, 3.8) is 0 Å². The Morgan fingerprint density at radius 2 is 2.39 bits per heavy atom. The largest absolute Gasteiger partial charge is 0.370 e. The number of aromatic nitrogens is 2. The van der Waals surface area contributed by atoms with Crippen molar-refractivity contribution in [2.24, 2.45) is 0 Å². The summed E-state index contributed by atoms with van der Waals surface area (Å²) in [6.45, 7) is 5.67. The predicted octanol–water partition coefficient (Wildman–Crippen LogP) is 1.74. The molecule has 0 amide bonds. The molecule has 0 aliphatic carbocycles. The number of nitrogens with one attached hydrogen (secondary N) is 1. The second-order valence-electron chi connectivity index (χ2n) is 4.96. The van der Waals surface area contributed by atoms with Gasteiger partial charge in [0.1, 0.15) is 5.82 Å². The minimum atomic E-state index is 0.324. The fourth-order valence-electron chi connectivity index (χ4n) is 2.46. The number of nitrogens with two attached hydrogens (primary N) is 1. The van der Waals surface area contributed by atoms with E-state index in [9.17, 15) is 0 Å². The number of hydrogen-bond donors (Lipinski definition) is 2. The van der Waals surface area contributed by atoms with Crippen molar-refractivity contribution in [2.75, 3.05) is 30.7 Å². The van der Waals surface area contributed by atoms with Crippen LogP contribution < -0.4 is 11.1 Å². The van der Waals surface area contributed by atoms with Crippen LogP contribution in [0, 0.1) is 0 Å². The number of nitrogens with zero attached hydrogens (tertiary/aromatic N) is 3. The van der Waals surface area contributed by atoms with E-state index in [1.54, 1.807) is 6.20 Å². The van der Waals surface area contributed by atoms with E-state index in [-0.39, 0.29) is 0 Å². The topological polar surface area (TPSA) is 67.1 Å². The zero-order chi connectivity index (χ0) is 12.8. The van der Waals surface area contributed by atoms with E-state index >= 15 is 0 Å². The summed E-state index contributed by atoms with van der Waals surface area (Å²) in [6.07, 6.45) is 6.89. The lowest BCUT2D eigenvalue weighted by atomic mass is 10.0. The molecule has 1 unspecified atom stereocenters. The summed E-state index contributed by atoms with van der Waals surface area (Å²) >= 11 is 0. The van der Waals surface area contributed by atoms with E-state index in [4.69, 9.17) is 5.73 Å². The van der Waals surface area contributed by atoms with Gasteiger partial charge >= 0.3 is 0 Å². The number of likely N-dealkylation sites (tertiary alicyclic amines) is 1. The fraction of sp³-hybridized carbons (Fsp3) is 0.692. The van der Waals surface area contributed by atoms with Crippen LogP contribution in [-0.2, 0) is 0 Å². The molecule has 18 heavy (non-hydrogen) atoms. The van der Waals surface area contributed by atoms with Gasteiger partial charge in [0.15, 0.2) is 0 Å². The summed E-state index contributed by atoms with van der Waals surface area (Å²) in [4.78, 5) is 10.6. The zero-order valence-corrected chi connectivity index (χ0v) is 11.1. The van der Waals surface area contributed by atoms with Gasteiger partial charge in [-0.1, -0.05) is 6.42 Å². The smallest absolute Gasteiger partial charge is 0.221 e. The van der Waals surface area contributed by atoms with Gasteiger partial charge in [0, 0.05) is 25.3 Å². The average Bonchev–Trinajstić information content (AvgIpc) is 2.37. The van der Waals surface area contributed by atoms with Gasteiger partial charge in [-0.3, -0.25) is 0 Å². The molecule has 2 heterocycles. The third-order valence-corrected chi connectivity index (χ3v) is 3.54. The molecule has 0 aromatic carbocycles. The Balaban J connectivity index is 1.66. The minimum absolute atomic E-state index is 0.324. The summed E-state index contributed by atoms with van der Waals surface area (Å²) in [5.41, 5.74) is 5.53. The highest BCUT2D eigenvalue weighted by molar-refractivity contribution is 5.36. The monoisotopic (exact) mass is 249 g/mol. The molecule has 0 spiro atoms. The SMILES string of the molecule is CC1CCCCN1CCCNc1ccnc(N)n1. The van der Waals surface area contributed by atoms with Gasteiger partial charge < -0.3 is 16.0 Å². The van der Waals surface area contributed by atoms with Crippen LogP contribution in [0.1, 0.15) is 32.6 Å². The van der Waals surface area contributed by atoms with E-state index in [0.29, 0.717) is 5.95 Å². The molecule has 1 aromatic heterocycles. The first kappa shape index (κ1) is 13.1. The highest BCUT2D eigenvalue weighted by atomic mass is 15.2. The number of anilines is 2. The number of piperidine rings is 1. The maximum absolute atomic E-state index is 5.53. The number of hydrogen-bond acceptors (Lipinski definition) is 5. The predicted molar refractivity (Wildman–Crippen MR) is 74.4 cm³/mol. The molecule has 0 radical (unpaired) electrons. The Kier molecular flexibility index (Phi) is 4.75. The zero-order valence-electron chi connectivity index (χ0n) is 11.1. The van der Waals surface area contributed by atoms with Gasteiger partial charge in [0.2, 0.25) is 5.95 Å². The minimum Gasteiger partial charge on any atom is -0.370 e. The maximum Gasteiger partial charge on any atom is 0.221 e. The van der Waals surface area contributed by atoms with Crippen molar-refractivity contribution in [3.05, 3.63) is 12.3 Å². The van der Waals surface area contributed by atoms with E-state index < -0.39 is 0 Å². The van der Waals surface area contributed by atoms with Crippen LogP contribution in [0.15, 0.2) is 12.3 Å². The molecule has 1 fully saturated rings. The first-order valence-corrected chi connectivity index (χ1v) is 6.82. The Hall–Kier alpha value is -1.36. The normalized spacial score (nSPS) is 20.8. The van der Waals surface area contributed by atoms with Gasteiger partial charge in [0.25, 0.3) is 0 Å². The van der Waals surface area contributed by atoms with Gasteiger partial charge in [-0.25, -0.2) is 4.98 Å². The van der Waals surface area contributed by atoms with Gasteiger partial charge in [0.05, 0.1) is 0 Å². The molecule has 0 saturated carbocycles. The molecule has 1 aliphatic rings. The van der Waals surface area contributed by atoms with Crippen molar-refractivity contribution < 1.29 is 0 Å².